The van der Waals surface area contributed by atoms with Gasteiger partial charge < -0.3 is 5.21 Å². The van der Waals surface area contributed by atoms with E-state index < -0.39 is 0 Å². The van der Waals surface area contributed by atoms with Crippen LogP contribution in [0.1, 0.15) is 32.1 Å². The van der Waals surface area contributed by atoms with Gasteiger partial charge in [-0.05, 0) is 12.8 Å². The monoisotopic (exact) mass is 203 g/mol. The molecule has 1 aliphatic carbocycles. The van der Waals surface area contributed by atoms with Gasteiger partial charge in [-0.15, -0.1) is 0 Å². The second kappa shape index (κ2) is 4.96. The first-order valence-electron chi connectivity index (χ1n) is 5.72. The largest absolute Gasteiger partial charge is 0.619 e. The molecule has 1 aromatic rings. The first-order chi connectivity index (χ1) is 7.36. The summed E-state index contributed by atoms with van der Waals surface area (Å²) in [5, 5.41) is 11.8. The fourth-order valence-corrected chi connectivity index (χ4v) is 2.14. The molecule has 0 radical (unpaired) electrons. The fourth-order valence-electron chi connectivity index (χ4n) is 2.14. The Balaban J connectivity index is 2.06. The predicted octanol–water partition coefficient (Wildman–Crippen LogP) is 3.48. The van der Waals surface area contributed by atoms with Gasteiger partial charge in [0.2, 0.25) is 5.69 Å². The van der Waals surface area contributed by atoms with Crippen LogP contribution in [-0.2, 0) is 0 Å². The van der Waals surface area contributed by atoms with Gasteiger partial charge in [-0.25, -0.2) is 0 Å². The number of rotatable bonds is 2. The third-order valence-electron chi connectivity index (χ3n) is 3.01. The standard InChI is InChI=1S/C13H17NO/c15-14(13-9-5-2-6-10-13)11-12-7-3-1-4-8-12/h2,5-6,9-12H,1,3-4,7-8H2. The molecule has 1 saturated carbocycles. The van der Waals surface area contributed by atoms with Gasteiger partial charge in [0.05, 0.1) is 0 Å². The second-order valence-corrected chi connectivity index (χ2v) is 4.21. The molecule has 80 valence electrons. The summed E-state index contributed by atoms with van der Waals surface area (Å²) in [7, 11) is 0. The first kappa shape index (κ1) is 10.2. The highest BCUT2D eigenvalue weighted by atomic mass is 16.5. The van der Waals surface area contributed by atoms with E-state index in [1.54, 1.807) is 0 Å². The lowest BCUT2D eigenvalue weighted by atomic mass is 9.90. The average molecular weight is 203 g/mol. The zero-order chi connectivity index (χ0) is 10.5. The Hall–Kier alpha value is -1.31. The molecule has 2 nitrogen and oxygen atoms in total. The quantitative estimate of drug-likeness (QED) is 0.313. The molecular formula is C13H17NO. The summed E-state index contributed by atoms with van der Waals surface area (Å²) in [5.41, 5.74) is 0.739. The molecule has 0 saturated heterocycles. The smallest absolute Gasteiger partial charge is 0.216 e. The van der Waals surface area contributed by atoms with Crippen molar-refractivity contribution in [2.75, 3.05) is 0 Å². The van der Waals surface area contributed by atoms with Crippen molar-refractivity contribution >= 4 is 11.9 Å². The lowest BCUT2D eigenvalue weighted by molar-refractivity contribution is -0.358. The Morgan fingerprint density at radius 1 is 1.07 bits per heavy atom. The van der Waals surface area contributed by atoms with Crippen LogP contribution in [0.25, 0.3) is 0 Å². The summed E-state index contributed by atoms with van der Waals surface area (Å²) in [5.74, 6) is 0.483. The maximum Gasteiger partial charge on any atom is 0.216 e. The molecule has 0 unspecified atom stereocenters. The van der Waals surface area contributed by atoms with Gasteiger partial charge in [0.1, 0.15) is 0 Å². The summed E-state index contributed by atoms with van der Waals surface area (Å²) in [6.45, 7) is 0. The van der Waals surface area contributed by atoms with Crippen molar-refractivity contribution in [2.45, 2.75) is 32.1 Å². The third kappa shape index (κ3) is 2.82. The molecular weight excluding hydrogens is 186 g/mol. The summed E-state index contributed by atoms with van der Waals surface area (Å²) in [4.78, 5) is 0. The molecule has 1 fully saturated rings. The third-order valence-corrected chi connectivity index (χ3v) is 3.01. The van der Waals surface area contributed by atoms with Gasteiger partial charge in [0, 0.05) is 18.1 Å². The molecule has 0 heterocycles. The van der Waals surface area contributed by atoms with E-state index in [0.717, 1.165) is 10.4 Å². The van der Waals surface area contributed by atoms with Gasteiger partial charge in [-0.1, -0.05) is 37.5 Å². The summed E-state index contributed by atoms with van der Waals surface area (Å²) >= 11 is 0. The van der Waals surface area contributed by atoms with Crippen LogP contribution in [0.15, 0.2) is 30.3 Å². The molecule has 0 bridgehead atoms. The van der Waals surface area contributed by atoms with Gasteiger partial charge in [0.15, 0.2) is 6.21 Å². The van der Waals surface area contributed by atoms with Crippen LogP contribution in [0.4, 0.5) is 5.69 Å². The zero-order valence-electron chi connectivity index (χ0n) is 8.93. The highest BCUT2D eigenvalue weighted by molar-refractivity contribution is 5.57. The van der Waals surface area contributed by atoms with Crippen molar-refractivity contribution < 1.29 is 4.74 Å². The van der Waals surface area contributed by atoms with E-state index in [1.165, 1.54) is 32.1 Å². The Kier molecular flexibility index (Phi) is 3.38. The van der Waals surface area contributed by atoms with E-state index >= 15 is 0 Å². The van der Waals surface area contributed by atoms with Gasteiger partial charge >= 0.3 is 0 Å². The van der Waals surface area contributed by atoms with Crippen LogP contribution < -0.4 is 0 Å². The number of nitrogens with zero attached hydrogens (tertiary/aromatic N) is 1. The predicted molar refractivity (Wildman–Crippen MR) is 62.4 cm³/mol. The Bertz CT molecular complexity index is 326. The molecule has 2 rings (SSSR count). The number of benzene rings is 1. The van der Waals surface area contributed by atoms with Crippen LogP contribution in [0.3, 0.4) is 0 Å². The van der Waals surface area contributed by atoms with Crippen LogP contribution in [0.2, 0.25) is 0 Å². The molecule has 0 N–H and O–H groups in total. The fraction of sp³-hybridized carbons (Fsp3) is 0.462. The minimum absolute atomic E-state index is 0.483. The van der Waals surface area contributed by atoms with Crippen LogP contribution >= 0.6 is 0 Å². The molecule has 0 atom stereocenters. The van der Waals surface area contributed by atoms with Crippen molar-refractivity contribution in [1.82, 2.24) is 0 Å². The number of para-hydroxylation sites is 1. The molecule has 15 heavy (non-hydrogen) atoms. The number of hydrogen-bond acceptors (Lipinski definition) is 1. The van der Waals surface area contributed by atoms with Crippen molar-refractivity contribution in [2.24, 2.45) is 5.92 Å². The van der Waals surface area contributed by atoms with Crippen molar-refractivity contribution in [3.8, 4) is 0 Å². The minimum atomic E-state index is 0.483. The van der Waals surface area contributed by atoms with Gasteiger partial charge in [-0.3, -0.25) is 0 Å². The van der Waals surface area contributed by atoms with Crippen molar-refractivity contribution in [1.29, 1.82) is 0 Å². The highest BCUT2D eigenvalue weighted by Gasteiger charge is 2.14. The van der Waals surface area contributed by atoms with E-state index in [2.05, 4.69) is 0 Å². The van der Waals surface area contributed by atoms with E-state index in [0.29, 0.717) is 5.92 Å². The molecule has 1 aromatic carbocycles. The molecule has 2 heteroatoms. The second-order valence-electron chi connectivity index (χ2n) is 4.21. The molecule has 0 aliphatic heterocycles. The number of hydrogen-bond donors (Lipinski definition) is 0. The topological polar surface area (TPSA) is 26.1 Å². The van der Waals surface area contributed by atoms with Crippen LogP contribution in [-0.4, -0.2) is 11.0 Å². The minimum Gasteiger partial charge on any atom is -0.619 e. The lowest BCUT2D eigenvalue weighted by Gasteiger charge is -2.16. The van der Waals surface area contributed by atoms with E-state index in [9.17, 15) is 5.21 Å². The highest BCUT2D eigenvalue weighted by Crippen LogP contribution is 2.22. The zero-order valence-corrected chi connectivity index (χ0v) is 8.93. The Labute approximate surface area is 90.8 Å². The maximum atomic E-state index is 11.8. The average Bonchev–Trinajstić information content (AvgIpc) is 2.31. The van der Waals surface area contributed by atoms with Crippen LogP contribution in [0.5, 0.6) is 0 Å². The lowest BCUT2D eigenvalue weighted by Crippen LogP contribution is -2.12. The van der Waals surface area contributed by atoms with Gasteiger partial charge in [0.25, 0.3) is 0 Å². The summed E-state index contributed by atoms with van der Waals surface area (Å²) in [6.07, 6.45) is 8.05. The van der Waals surface area contributed by atoms with Crippen LogP contribution in [0, 0.1) is 11.1 Å². The Morgan fingerprint density at radius 2 is 1.73 bits per heavy atom. The normalized spacial score (nSPS) is 19.1. The van der Waals surface area contributed by atoms with E-state index in [4.69, 9.17) is 0 Å². The molecule has 1 aliphatic rings. The molecule has 0 aromatic heterocycles. The van der Waals surface area contributed by atoms with E-state index in [-0.39, 0.29) is 0 Å². The summed E-state index contributed by atoms with van der Waals surface area (Å²) in [6, 6.07) is 9.43. The first-order valence-corrected chi connectivity index (χ1v) is 5.72. The van der Waals surface area contributed by atoms with Crippen molar-refractivity contribution in [3.05, 3.63) is 35.5 Å². The van der Waals surface area contributed by atoms with Crippen molar-refractivity contribution in [3.63, 3.8) is 0 Å². The maximum absolute atomic E-state index is 11.8. The molecule has 0 spiro atoms. The van der Waals surface area contributed by atoms with E-state index in [1.807, 2.05) is 36.5 Å². The summed E-state index contributed by atoms with van der Waals surface area (Å²) < 4.78 is 1.02. The molecule has 0 amide bonds. The van der Waals surface area contributed by atoms with Gasteiger partial charge in [-0.2, -0.15) is 4.74 Å². The Morgan fingerprint density at radius 3 is 2.40 bits per heavy atom. The SMILES string of the molecule is [O-][N+](=CC1CCCCC1)c1ccccc1.